The first-order valence-corrected chi connectivity index (χ1v) is 8.77. The van der Waals surface area contributed by atoms with Crippen molar-refractivity contribution in [2.45, 2.75) is 25.3 Å². The predicted molar refractivity (Wildman–Crippen MR) is 87.3 cm³/mol. The van der Waals surface area contributed by atoms with E-state index in [1.807, 2.05) is 23.0 Å². The van der Waals surface area contributed by atoms with Gasteiger partial charge in [-0.3, -0.25) is 4.68 Å². The van der Waals surface area contributed by atoms with Crippen molar-refractivity contribution in [3.8, 4) is 0 Å². The molecule has 0 bridgehead atoms. The van der Waals surface area contributed by atoms with Crippen LogP contribution in [0.1, 0.15) is 18.1 Å². The number of rotatable bonds is 6. The molecule has 2 rings (SSSR count). The lowest BCUT2D eigenvalue weighted by Gasteiger charge is -2.30. The molecule has 0 saturated carbocycles. The molecule has 20 heavy (non-hydrogen) atoms. The molecule has 0 fully saturated rings. The standard InChI is InChI=1S/C15H17Br2FN2/c1-2-20-9-12(8-19-20)7-15(10-16,11-17)13-3-5-14(18)6-4-13/h3-6,8-9H,2,7,10-11H2,1H3. The highest BCUT2D eigenvalue weighted by Crippen LogP contribution is 2.33. The lowest BCUT2D eigenvalue weighted by molar-refractivity contribution is 0.547. The first-order chi connectivity index (χ1) is 9.63. The van der Waals surface area contributed by atoms with Gasteiger partial charge in [-0.2, -0.15) is 5.10 Å². The normalized spacial score (nSPS) is 11.8. The van der Waals surface area contributed by atoms with E-state index in [-0.39, 0.29) is 11.2 Å². The van der Waals surface area contributed by atoms with Crippen LogP contribution >= 0.6 is 31.9 Å². The molecule has 0 atom stereocenters. The van der Waals surface area contributed by atoms with E-state index in [4.69, 9.17) is 0 Å². The van der Waals surface area contributed by atoms with Crippen LogP contribution < -0.4 is 0 Å². The van der Waals surface area contributed by atoms with E-state index < -0.39 is 0 Å². The van der Waals surface area contributed by atoms with E-state index in [0.717, 1.165) is 29.2 Å². The molecule has 0 radical (unpaired) electrons. The molecule has 0 aliphatic carbocycles. The zero-order valence-corrected chi connectivity index (χ0v) is 14.5. The summed E-state index contributed by atoms with van der Waals surface area (Å²) in [7, 11) is 0. The minimum absolute atomic E-state index is 0.102. The monoisotopic (exact) mass is 402 g/mol. The van der Waals surface area contributed by atoms with Crippen molar-refractivity contribution in [1.29, 1.82) is 0 Å². The van der Waals surface area contributed by atoms with Crippen molar-refractivity contribution < 1.29 is 4.39 Å². The molecular formula is C15H17Br2FN2. The second kappa shape index (κ2) is 6.85. The molecule has 0 N–H and O–H groups in total. The van der Waals surface area contributed by atoms with Crippen molar-refractivity contribution in [2.24, 2.45) is 0 Å². The van der Waals surface area contributed by atoms with Crippen molar-refractivity contribution in [3.63, 3.8) is 0 Å². The van der Waals surface area contributed by atoms with Gasteiger partial charge in [-0.15, -0.1) is 0 Å². The van der Waals surface area contributed by atoms with E-state index in [1.165, 1.54) is 17.7 Å². The maximum atomic E-state index is 13.1. The first kappa shape index (κ1) is 15.7. The number of alkyl halides is 2. The molecule has 108 valence electrons. The summed E-state index contributed by atoms with van der Waals surface area (Å²) >= 11 is 7.24. The van der Waals surface area contributed by atoms with Crippen LogP contribution in [0.2, 0.25) is 0 Å². The molecule has 5 heteroatoms. The van der Waals surface area contributed by atoms with Crippen molar-refractivity contribution >= 4 is 31.9 Å². The van der Waals surface area contributed by atoms with Crippen molar-refractivity contribution in [3.05, 3.63) is 53.6 Å². The predicted octanol–water partition coefficient (Wildman–Crippen LogP) is 4.31. The average Bonchev–Trinajstić information content (AvgIpc) is 2.93. The lowest BCUT2D eigenvalue weighted by Crippen LogP contribution is -2.32. The van der Waals surface area contributed by atoms with Crippen molar-refractivity contribution in [1.82, 2.24) is 9.78 Å². The van der Waals surface area contributed by atoms with Crippen LogP contribution in [0.25, 0.3) is 0 Å². The number of aromatic nitrogens is 2. The molecule has 0 spiro atoms. The summed E-state index contributed by atoms with van der Waals surface area (Å²) in [6, 6.07) is 6.76. The van der Waals surface area contributed by atoms with Gasteiger partial charge in [-0.25, -0.2) is 4.39 Å². The Balaban J connectivity index is 2.31. The van der Waals surface area contributed by atoms with Gasteiger partial charge in [0.15, 0.2) is 0 Å². The van der Waals surface area contributed by atoms with Crippen molar-refractivity contribution in [2.75, 3.05) is 10.7 Å². The summed E-state index contributed by atoms with van der Waals surface area (Å²) in [6.07, 6.45) is 4.84. The van der Waals surface area contributed by atoms with Crippen LogP contribution in [0, 0.1) is 5.82 Å². The number of nitrogens with zero attached hydrogens (tertiary/aromatic N) is 2. The van der Waals surface area contributed by atoms with Gasteiger partial charge in [0.05, 0.1) is 6.20 Å². The summed E-state index contributed by atoms with van der Waals surface area (Å²) in [5.74, 6) is -0.203. The van der Waals surface area contributed by atoms with Crippen LogP contribution in [0.15, 0.2) is 36.7 Å². The Kier molecular flexibility index (Phi) is 5.38. The molecule has 1 aromatic heterocycles. The Morgan fingerprint density at radius 1 is 1.20 bits per heavy atom. The van der Waals surface area contributed by atoms with Gasteiger partial charge in [-0.1, -0.05) is 44.0 Å². The zero-order valence-electron chi connectivity index (χ0n) is 11.3. The summed E-state index contributed by atoms with van der Waals surface area (Å²) < 4.78 is 15.0. The number of hydrogen-bond acceptors (Lipinski definition) is 1. The number of hydrogen-bond donors (Lipinski definition) is 0. The molecule has 0 unspecified atom stereocenters. The largest absolute Gasteiger partial charge is 0.273 e. The molecule has 2 aromatic rings. The summed E-state index contributed by atoms with van der Waals surface area (Å²) in [5, 5.41) is 5.92. The van der Waals surface area contributed by atoms with Gasteiger partial charge in [0, 0.05) is 28.8 Å². The van der Waals surface area contributed by atoms with Crippen LogP contribution in [-0.2, 0) is 18.4 Å². The van der Waals surface area contributed by atoms with Gasteiger partial charge >= 0.3 is 0 Å². The fourth-order valence-corrected chi connectivity index (χ4v) is 4.22. The zero-order chi connectivity index (χ0) is 14.6. The Hall–Kier alpha value is -0.680. The van der Waals surface area contributed by atoms with Crippen LogP contribution in [0.4, 0.5) is 4.39 Å². The molecule has 0 aliphatic heterocycles. The quantitative estimate of drug-likeness (QED) is 0.657. The van der Waals surface area contributed by atoms with E-state index >= 15 is 0 Å². The molecular weight excluding hydrogens is 387 g/mol. The van der Waals surface area contributed by atoms with Gasteiger partial charge in [0.2, 0.25) is 0 Å². The lowest BCUT2D eigenvalue weighted by atomic mass is 9.80. The maximum absolute atomic E-state index is 13.1. The fraction of sp³-hybridized carbons (Fsp3) is 0.400. The maximum Gasteiger partial charge on any atom is 0.123 e. The van der Waals surface area contributed by atoms with E-state index in [1.54, 1.807) is 0 Å². The first-order valence-electron chi connectivity index (χ1n) is 6.53. The third kappa shape index (κ3) is 3.31. The summed E-state index contributed by atoms with van der Waals surface area (Å²) in [5.41, 5.74) is 2.21. The highest BCUT2D eigenvalue weighted by Gasteiger charge is 2.31. The number of halogens is 3. The summed E-state index contributed by atoms with van der Waals surface area (Å²) in [4.78, 5) is 0. The third-order valence-electron chi connectivity index (χ3n) is 3.52. The second-order valence-electron chi connectivity index (χ2n) is 4.94. The molecule has 0 saturated heterocycles. The SMILES string of the molecule is CCn1cc(CC(CBr)(CBr)c2ccc(F)cc2)cn1. The number of benzene rings is 1. The smallest absolute Gasteiger partial charge is 0.123 e. The van der Waals surface area contributed by atoms with Crippen LogP contribution in [0.3, 0.4) is 0 Å². The second-order valence-corrected chi connectivity index (χ2v) is 6.06. The van der Waals surface area contributed by atoms with Gasteiger partial charge in [-0.05, 0) is 36.6 Å². The highest BCUT2D eigenvalue weighted by atomic mass is 79.9. The van der Waals surface area contributed by atoms with Gasteiger partial charge in [0.25, 0.3) is 0 Å². The third-order valence-corrected chi connectivity index (χ3v) is 5.67. The van der Waals surface area contributed by atoms with Gasteiger partial charge in [0.1, 0.15) is 5.82 Å². The Bertz CT molecular complexity index is 547. The molecule has 2 nitrogen and oxygen atoms in total. The highest BCUT2D eigenvalue weighted by molar-refractivity contribution is 9.09. The fourth-order valence-electron chi connectivity index (χ4n) is 2.25. The van der Waals surface area contributed by atoms with E-state index in [0.29, 0.717) is 0 Å². The Morgan fingerprint density at radius 3 is 2.35 bits per heavy atom. The molecule has 1 aromatic carbocycles. The number of aryl methyl sites for hydroxylation is 1. The Morgan fingerprint density at radius 2 is 1.85 bits per heavy atom. The van der Waals surface area contributed by atoms with E-state index in [2.05, 4.69) is 50.1 Å². The topological polar surface area (TPSA) is 17.8 Å². The van der Waals surface area contributed by atoms with Gasteiger partial charge < -0.3 is 0 Å². The summed E-state index contributed by atoms with van der Waals surface area (Å²) in [6.45, 7) is 2.94. The molecule has 0 amide bonds. The molecule has 0 aliphatic rings. The average molecular weight is 404 g/mol. The Labute approximate surface area is 135 Å². The van der Waals surface area contributed by atoms with Crippen LogP contribution in [-0.4, -0.2) is 20.4 Å². The van der Waals surface area contributed by atoms with Crippen LogP contribution in [0.5, 0.6) is 0 Å². The minimum atomic E-state index is -0.203. The van der Waals surface area contributed by atoms with E-state index in [9.17, 15) is 4.39 Å². The minimum Gasteiger partial charge on any atom is -0.273 e. The molecule has 1 heterocycles.